The van der Waals surface area contributed by atoms with E-state index in [1.165, 1.54) is 119 Å². The zero-order valence-corrected chi connectivity index (χ0v) is 40.1. The van der Waals surface area contributed by atoms with Crippen molar-refractivity contribution in [3.8, 4) is 16.8 Å². The van der Waals surface area contributed by atoms with Crippen LogP contribution in [0.25, 0.3) is 80.3 Å². The predicted octanol–water partition coefficient (Wildman–Crippen LogP) is 16.4. The summed E-state index contributed by atoms with van der Waals surface area (Å²) in [6.07, 6.45) is 0. The molecular formula is C65H44N2SSi. The molecule has 3 heterocycles. The molecule has 11 aromatic carbocycles. The second-order valence-corrected chi connectivity index (χ2v) is 25.0. The second-order valence-electron chi connectivity index (χ2n) is 19.6. The molecule has 0 saturated heterocycles. The normalized spacial score (nSPS) is 15.6. The van der Waals surface area contributed by atoms with Gasteiger partial charge in [0.1, 0.15) is 8.07 Å². The number of para-hydroxylation sites is 1. The fourth-order valence-electron chi connectivity index (χ4n) is 12.9. The van der Waals surface area contributed by atoms with E-state index >= 15 is 0 Å². The van der Waals surface area contributed by atoms with E-state index in [1.54, 1.807) is 0 Å². The zero-order valence-electron chi connectivity index (χ0n) is 38.2. The smallest absolute Gasteiger partial charge is 0.113 e. The number of hydrogen-bond acceptors (Lipinski definition) is 2. The molecule has 1 aliphatic carbocycles. The van der Waals surface area contributed by atoms with Gasteiger partial charge in [0.2, 0.25) is 0 Å². The van der Waals surface area contributed by atoms with Crippen molar-refractivity contribution in [2.24, 2.45) is 0 Å². The van der Waals surface area contributed by atoms with Crippen molar-refractivity contribution < 1.29 is 0 Å². The van der Waals surface area contributed by atoms with E-state index in [0.717, 1.165) is 11.4 Å². The molecule has 2 nitrogen and oxygen atoms in total. The van der Waals surface area contributed by atoms with Gasteiger partial charge in [-0.3, -0.25) is 0 Å². The lowest BCUT2D eigenvalue weighted by Gasteiger charge is -2.50. The largest absolute Gasteiger partial charge is 0.310 e. The molecule has 0 fully saturated rings. The molecule has 1 spiro atoms. The highest BCUT2D eigenvalue weighted by molar-refractivity contribution is 7.25. The number of fused-ring (bicyclic) bond motifs is 15. The van der Waals surface area contributed by atoms with Gasteiger partial charge in [0.15, 0.2) is 0 Å². The fourth-order valence-corrected chi connectivity index (χ4v) is 17.2. The Balaban J connectivity index is 1.01. The number of aromatic nitrogens is 1. The third kappa shape index (κ3) is 5.25. The maximum Gasteiger partial charge on any atom is 0.113 e. The van der Waals surface area contributed by atoms with Crippen molar-refractivity contribution in [2.75, 3.05) is 4.90 Å². The molecule has 324 valence electrons. The molecule has 2 aromatic heterocycles. The Morgan fingerprint density at radius 2 is 0.986 bits per heavy atom. The van der Waals surface area contributed by atoms with Crippen LogP contribution in [0.2, 0.25) is 13.1 Å². The molecule has 1 atom stereocenters. The maximum atomic E-state index is 2.60. The van der Waals surface area contributed by atoms with Crippen LogP contribution in [0.5, 0.6) is 0 Å². The number of benzene rings is 11. The number of anilines is 3. The first kappa shape index (κ1) is 39.0. The molecule has 69 heavy (non-hydrogen) atoms. The molecule has 0 radical (unpaired) electrons. The van der Waals surface area contributed by atoms with Gasteiger partial charge in [0.25, 0.3) is 0 Å². The highest BCUT2D eigenvalue weighted by Gasteiger charge is 2.52. The van der Waals surface area contributed by atoms with Crippen LogP contribution in [0.1, 0.15) is 22.3 Å². The van der Waals surface area contributed by atoms with Crippen LogP contribution in [-0.2, 0) is 5.41 Å². The highest BCUT2D eigenvalue weighted by atomic mass is 32.1. The Labute approximate surface area is 405 Å². The third-order valence-corrected chi connectivity index (χ3v) is 20.5. The topological polar surface area (TPSA) is 8.17 Å². The minimum Gasteiger partial charge on any atom is -0.310 e. The van der Waals surface area contributed by atoms with Crippen LogP contribution in [-0.4, -0.2) is 12.6 Å². The molecule has 15 rings (SSSR count). The first-order chi connectivity index (χ1) is 34.0. The van der Waals surface area contributed by atoms with Gasteiger partial charge in [-0.25, -0.2) is 0 Å². The van der Waals surface area contributed by atoms with Crippen LogP contribution in [0.3, 0.4) is 0 Å². The summed E-state index contributed by atoms with van der Waals surface area (Å²) in [4.78, 5) is 2.54. The van der Waals surface area contributed by atoms with Crippen molar-refractivity contribution in [3.63, 3.8) is 0 Å². The first-order valence-corrected chi connectivity index (χ1v) is 27.9. The Bertz CT molecular complexity index is 4320. The van der Waals surface area contributed by atoms with Crippen LogP contribution >= 0.6 is 11.3 Å². The summed E-state index contributed by atoms with van der Waals surface area (Å²) in [5, 5.41) is 13.2. The Morgan fingerprint density at radius 1 is 0.391 bits per heavy atom. The average molecular weight is 913 g/mol. The zero-order chi connectivity index (χ0) is 45.6. The van der Waals surface area contributed by atoms with Crippen molar-refractivity contribution in [3.05, 3.63) is 253 Å². The molecular weight excluding hydrogens is 869 g/mol. The van der Waals surface area contributed by atoms with Crippen LogP contribution in [0.15, 0.2) is 231 Å². The highest BCUT2D eigenvalue weighted by Crippen LogP contribution is 2.56. The predicted molar refractivity (Wildman–Crippen MR) is 297 cm³/mol. The number of nitrogens with zero attached hydrogens (tertiary/aromatic N) is 2. The van der Waals surface area contributed by atoms with Crippen LogP contribution in [0, 0.1) is 0 Å². The first-order valence-electron chi connectivity index (χ1n) is 24.1. The third-order valence-electron chi connectivity index (χ3n) is 15.8. The molecule has 2 aliphatic rings. The van der Waals surface area contributed by atoms with E-state index in [2.05, 4.69) is 253 Å². The van der Waals surface area contributed by atoms with Gasteiger partial charge < -0.3 is 9.47 Å². The molecule has 0 amide bonds. The summed E-state index contributed by atoms with van der Waals surface area (Å²) in [5.41, 5.74) is 14.8. The van der Waals surface area contributed by atoms with Gasteiger partial charge in [0, 0.05) is 53.4 Å². The van der Waals surface area contributed by atoms with Gasteiger partial charge >= 0.3 is 0 Å². The average Bonchev–Trinajstić information content (AvgIpc) is 3.94. The standard InChI is InChI=1S/C65H44N2SSi/c1-69(2)62-31-12-9-26-54(62)65(53-25-8-5-21-47(53)51-24-13-18-42-19-14-27-56(65)64(42)51)55-36-33-45(40-63(55)69)66(44-32-35-50-49-23-7-11-30-60(49)68-61(50)39-44)43-34-37-59-52(38-43)48-22-6-10-28-58(48)67(59)57-29-15-17-41-16-3-4-20-46(41)57/h3-40H,1-2H3. The van der Waals surface area contributed by atoms with E-state index in [0.29, 0.717) is 0 Å². The van der Waals surface area contributed by atoms with E-state index in [4.69, 9.17) is 0 Å². The van der Waals surface area contributed by atoms with Gasteiger partial charge in [-0.1, -0.05) is 183 Å². The molecule has 0 N–H and O–H groups in total. The van der Waals surface area contributed by atoms with E-state index in [1.807, 2.05) is 11.3 Å². The summed E-state index contributed by atoms with van der Waals surface area (Å²) in [6.45, 7) is 5.15. The van der Waals surface area contributed by atoms with Gasteiger partial charge in [-0.15, -0.1) is 11.3 Å². The lowest BCUT2D eigenvalue weighted by atomic mass is 9.59. The minimum absolute atomic E-state index is 0.499. The lowest BCUT2D eigenvalue weighted by molar-refractivity contribution is 0.754. The van der Waals surface area contributed by atoms with Gasteiger partial charge in [0.05, 0.1) is 22.1 Å². The number of hydrogen-bond donors (Lipinski definition) is 0. The summed E-state index contributed by atoms with van der Waals surface area (Å²) < 4.78 is 5.07. The number of rotatable bonds is 4. The molecule has 4 heteroatoms. The molecule has 1 aliphatic heterocycles. The monoisotopic (exact) mass is 912 g/mol. The fraction of sp³-hybridized carbons (Fsp3) is 0.0462. The van der Waals surface area contributed by atoms with E-state index in [-0.39, 0.29) is 0 Å². The van der Waals surface area contributed by atoms with Crippen molar-refractivity contribution >= 4 is 110 Å². The summed E-state index contributed by atoms with van der Waals surface area (Å²) in [7, 11) is -2.35. The lowest BCUT2D eigenvalue weighted by Crippen LogP contribution is -2.63. The van der Waals surface area contributed by atoms with Crippen molar-refractivity contribution in [1.29, 1.82) is 0 Å². The minimum atomic E-state index is -2.35. The molecule has 13 aromatic rings. The summed E-state index contributed by atoms with van der Waals surface area (Å²) in [5.74, 6) is 0. The number of thiophene rings is 1. The molecule has 1 unspecified atom stereocenters. The van der Waals surface area contributed by atoms with Crippen LogP contribution < -0.4 is 15.3 Å². The Hall–Kier alpha value is -8.02. The van der Waals surface area contributed by atoms with Gasteiger partial charge in [-0.05, 0) is 121 Å². The van der Waals surface area contributed by atoms with E-state index in [9.17, 15) is 0 Å². The second kappa shape index (κ2) is 14.3. The molecule has 0 bridgehead atoms. The van der Waals surface area contributed by atoms with Crippen molar-refractivity contribution in [1.82, 2.24) is 4.57 Å². The van der Waals surface area contributed by atoms with Crippen molar-refractivity contribution in [2.45, 2.75) is 18.5 Å². The quantitative estimate of drug-likeness (QED) is 0.160. The van der Waals surface area contributed by atoms with Crippen LogP contribution in [0.4, 0.5) is 17.1 Å². The van der Waals surface area contributed by atoms with Gasteiger partial charge in [-0.2, -0.15) is 0 Å². The molecule has 0 saturated carbocycles. The maximum absolute atomic E-state index is 2.60. The summed E-state index contributed by atoms with van der Waals surface area (Å²) >= 11 is 1.88. The Kier molecular flexibility index (Phi) is 8.06. The van der Waals surface area contributed by atoms with E-state index < -0.39 is 13.5 Å². The Morgan fingerprint density at radius 3 is 1.90 bits per heavy atom. The summed E-state index contributed by atoms with van der Waals surface area (Å²) in [6, 6.07) is 87.5. The SMILES string of the molecule is C[Si]1(C)c2ccccc2C2(c3ccccc3-c3cccc4cccc2c34)c2ccc(N(c3ccc4c(c3)sc3ccccc34)c3ccc4c(c3)c3ccccc3n4-c3cccc4ccccc34)cc21.